The Bertz CT molecular complexity index is 1080. The highest BCUT2D eigenvalue weighted by atomic mass is 32.1. The first-order valence-electron chi connectivity index (χ1n) is 7.71. The Morgan fingerprint density at radius 2 is 2.16 bits per heavy atom. The van der Waals surface area contributed by atoms with Gasteiger partial charge < -0.3 is 5.32 Å². The van der Waals surface area contributed by atoms with Crippen molar-refractivity contribution in [3.8, 4) is 0 Å². The van der Waals surface area contributed by atoms with Crippen molar-refractivity contribution in [2.24, 2.45) is 0 Å². The summed E-state index contributed by atoms with van der Waals surface area (Å²) in [6, 6.07) is 7.01. The molecule has 0 radical (unpaired) electrons. The largest absolute Gasteiger partial charge is 0.350 e. The topological polar surface area (TPSA) is 94.2 Å². The summed E-state index contributed by atoms with van der Waals surface area (Å²) in [5.41, 5.74) is 1.10. The van der Waals surface area contributed by atoms with Crippen LogP contribution in [0.5, 0.6) is 0 Å². The third-order valence-corrected chi connectivity index (χ3v) is 4.56. The molecular weight excluding hydrogens is 340 g/mol. The van der Waals surface area contributed by atoms with Crippen LogP contribution in [0.4, 0.5) is 0 Å². The highest BCUT2D eigenvalue weighted by Crippen LogP contribution is 2.11. The predicted octanol–water partition coefficient (Wildman–Crippen LogP) is 1.21. The van der Waals surface area contributed by atoms with E-state index >= 15 is 0 Å². The van der Waals surface area contributed by atoms with Gasteiger partial charge in [0, 0.05) is 24.2 Å². The lowest BCUT2D eigenvalue weighted by molar-refractivity contribution is -0.121. The van der Waals surface area contributed by atoms with Gasteiger partial charge in [-0.3, -0.25) is 14.0 Å². The van der Waals surface area contributed by atoms with Gasteiger partial charge in [-0.1, -0.05) is 17.3 Å². The number of carbonyl (C=O) groups excluding carboxylic acids is 1. The number of rotatable bonds is 5. The predicted molar refractivity (Wildman–Crippen MR) is 93.3 cm³/mol. The molecule has 0 saturated carbocycles. The van der Waals surface area contributed by atoms with Gasteiger partial charge in [-0.15, -0.1) is 16.4 Å². The van der Waals surface area contributed by atoms with Crippen molar-refractivity contribution in [3.05, 3.63) is 58.1 Å². The average Bonchev–Trinajstić information content (AvgIpc) is 3.21. The number of nitrogens with zero attached hydrogens (tertiary/aromatic N) is 5. The second-order valence-corrected chi connectivity index (χ2v) is 6.36. The smallest absolute Gasteiger partial charge is 0.277 e. The minimum Gasteiger partial charge on any atom is -0.350 e. The molecule has 0 aliphatic carbocycles. The number of hydrogen-bond donors (Lipinski definition) is 1. The SMILES string of the molecule is O=C(CCn1nnc2ccccc2c1=O)NCc1cn2ccsc2n1. The normalized spacial score (nSPS) is 11.2. The van der Waals surface area contributed by atoms with Crippen LogP contribution in [0.3, 0.4) is 0 Å². The van der Waals surface area contributed by atoms with Crippen molar-refractivity contribution >= 4 is 33.1 Å². The van der Waals surface area contributed by atoms with Gasteiger partial charge in [-0.25, -0.2) is 9.67 Å². The van der Waals surface area contributed by atoms with Gasteiger partial charge in [0.05, 0.1) is 24.2 Å². The first-order valence-corrected chi connectivity index (χ1v) is 8.59. The molecule has 1 N–H and O–H groups in total. The molecular formula is C16H14N6O2S. The fourth-order valence-electron chi connectivity index (χ4n) is 2.52. The second-order valence-electron chi connectivity index (χ2n) is 5.49. The zero-order chi connectivity index (χ0) is 17.2. The van der Waals surface area contributed by atoms with Gasteiger partial charge in [-0.05, 0) is 12.1 Å². The Morgan fingerprint density at radius 1 is 1.28 bits per heavy atom. The van der Waals surface area contributed by atoms with Crippen LogP contribution in [-0.2, 0) is 17.9 Å². The van der Waals surface area contributed by atoms with Crippen LogP contribution in [0.25, 0.3) is 15.9 Å². The fraction of sp³-hybridized carbons (Fsp3) is 0.188. The summed E-state index contributed by atoms with van der Waals surface area (Å²) in [4.78, 5) is 29.6. The Labute approximate surface area is 145 Å². The number of nitrogens with one attached hydrogen (secondary N) is 1. The number of carbonyl (C=O) groups is 1. The molecule has 0 aliphatic rings. The van der Waals surface area contributed by atoms with E-state index in [0.717, 1.165) is 10.7 Å². The molecule has 1 aromatic carbocycles. The summed E-state index contributed by atoms with van der Waals surface area (Å²) in [5.74, 6) is -0.168. The molecule has 126 valence electrons. The van der Waals surface area contributed by atoms with Crippen molar-refractivity contribution in [2.45, 2.75) is 19.5 Å². The van der Waals surface area contributed by atoms with Gasteiger partial charge in [0.15, 0.2) is 4.96 Å². The third kappa shape index (κ3) is 3.13. The maximum absolute atomic E-state index is 12.3. The first kappa shape index (κ1) is 15.5. The van der Waals surface area contributed by atoms with Crippen LogP contribution in [-0.4, -0.2) is 30.3 Å². The standard InChI is InChI=1S/C16H14N6O2S/c23-14(17-9-11-10-21-7-8-25-16(21)18-11)5-6-22-15(24)12-3-1-2-4-13(12)19-20-22/h1-4,7-8,10H,5-6,9H2,(H,17,23). The van der Waals surface area contributed by atoms with Crippen LogP contribution in [0.15, 0.2) is 46.8 Å². The number of fused-ring (bicyclic) bond motifs is 2. The van der Waals surface area contributed by atoms with E-state index in [1.165, 1.54) is 16.0 Å². The highest BCUT2D eigenvalue weighted by Gasteiger charge is 2.09. The monoisotopic (exact) mass is 354 g/mol. The van der Waals surface area contributed by atoms with Crippen LogP contribution >= 0.6 is 11.3 Å². The van der Waals surface area contributed by atoms with Gasteiger partial charge in [0.25, 0.3) is 5.56 Å². The molecule has 4 aromatic rings. The molecule has 4 rings (SSSR count). The van der Waals surface area contributed by atoms with E-state index < -0.39 is 0 Å². The van der Waals surface area contributed by atoms with E-state index in [-0.39, 0.29) is 24.4 Å². The number of hydrogen-bond acceptors (Lipinski definition) is 6. The summed E-state index contributed by atoms with van der Waals surface area (Å²) in [6.45, 7) is 0.534. The minimum atomic E-state index is -0.243. The number of benzene rings is 1. The lowest BCUT2D eigenvalue weighted by Crippen LogP contribution is -2.29. The molecule has 9 heteroatoms. The number of imidazole rings is 1. The van der Waals surface area contributed by atoms with E-state index in [1.54, 1.807) is 24.3 Å². The quantitative estimate of drug-likeness (QED) is 0.581. The summed E-state index contributed by atoms with van der Waals surface area (Å²) in [5, 5.41) is 13.1. The molecule has 0 atom stereocenters. The number of aromatic nitrogens is 5. The molecule has 0 fully saturated rings. The van der Waals surface area contributed by atoms with Crippen molar-refractivity contribution in [1.82, 2.24) is 29.7 Å². The third-order valence-electron chi connectivity index (χ3n) is 3.79. The fourth-order valence-corrected chi connectivity index (χ4v) is 3.23. The zero-order valence-electron chi connectivity index (χ0n) is 13.1. The van der Waals surface area contributed by atoms with Gasteiger partial charge in [-0.2, -0.15) is 0 Å². The van der Waals surface area contributed by atoms with E-state index in [2.05, 4.69) is 20.6 Å². The molecule has 0 spiro atoms. The molecule has 0 unspecified atom stereocenters. The van der Waals surface area contributed by atoms with Crippen LogP contribution in [0.1, 0.15) is 12.1 Å². The lowest BCUT2D eigenvalue weighted by Gasteiger charge is -2.05. The molecule has 0 saturated heterocycles. The Morgan fingerprint density at radius 3 is 3.04 bits per heavy atom. The van der Waals surface area contributed by atoms with Crippen molar-refractivity contribution in [2.75, 3.05) is 0 Å². The van der Waals surface area contributed by atoms with Gasteiger partial charge in [0.2, 0.25) is 5.91 Å². The van der Waals surface area contributed by atoms with Crippen LogP contribution in [0, 0.1) is 0 Å². The van der Waals surface area contributed by atoms with Gasteiger partial charge >= 0.3 is 0 Å². The summed E-state index contributed by atoms with van der Waals surface area (Å²) in [6.07, 6.45) is 3.95. The Hall–Kier alpha value is -3.07. The Balaban J connectivity index is 1.37. The molecule has 8 nitrogen and oxygen atoms in total. The highest BCUT2D eigenvalue weighted by molar-refractivity contribution is 7.15. The van der Waals surface area contributed by atoms with Crippen LogP contribution < -0.4 is 10.9 Å². The van der Waals surface area contributed by atoms with Crippen molar-refractivity contribution in [3.63, 3.8) is 0 Å². The summed E-state index contributed by atoms with van der Waals surface area (Å²) in [7, 11) is 0. The van der Waals surface area contributed by atoms with E-state index in [0.29, 0.717) is 17.4 Å². The number of thiazole rings is 1. The number of aryl methyl sites for hydroxylation is 1. The van der Waals surface area contributed by atoms with Gasteiger partial charge in [0.1, 0.15) is 5.52 Å². The molecule has 25 heavy (non-hydrogen) atoms. The average molecular weight is 354 g/mol. The Kier molecular flexibility index (Phi) is 3.98. The summed E-state index contributed by atoms with van der Waals surface area (Å²) >= 11 is 1.54. The maximum Gasteiger partial charge on any atom is 0.277 e. The van der Waals surface area contributed by atoms with Crippen molar-refractivity contribution < 1.29 is 4.79 Å². The van der Waals surface area contributed by atoms with E-state index in [1.807, 2.05) is 22.2 Å². The first-order chi connectivity index (χ1) is 12.2. The summed E-state index contributed by atoms with van der Waals surface area (Å²) < 4.78 is 3.13. The molecule has 0 aliphatic heterocycles. The van der Waals surface area contributed by atoms with Crippen molar-refractivity contribution in [1.29, 1.82) is 0 Å². The molecule has 3 heterocycles. The zero-order valence-corrected chi connectivity index (χ0v) is 13.9. The molecule has 3 aromatic heterocycles. The lowest BCUT2D eigenvalue weighted by atomic mass is 10.2. The maximum atomic E-state index is 12.3. The van der Waals surface area contributed by atoms with Crippen LogP contribution in [0.2, 0.25) is 0 Å². The number of amides is 1. The minimum absolute atomic E-state index is 0.148. The molecule has 0 bridgehead atoms. The second kappa shape index (κ2) is 6.44. The van der Waals surface area contributed by atoms with E-state index in [9.17, 15) is 9.59 Å². The molecule has 1 amide bonds. The van der Waals surface area contributed by atoms with E-state index in [4.69, 9.17) is 0 Å².